The minimum absolute atomic E-state index is 0.117. The van der Waals surface area contributed by atoms with Gasteiger partial charge in [0.25, 0.3) is 5.91 Å². The highest BCUT2D eigenvalue weighted by Gasteiger charge is 2.10. The number of carbonyl (C=O) groups excluding carboxylic acids is 1. The molecule has 0 aliphatic carbocycles. The summed E-state index contributed by atoms with van der Waals surface area (Å²) < 4.78 is 5.26. The molecule has 32 heavy (non-hydrogen) atoms. The Morgan fingerprint density at radius 3 is 2.62 bits per heavy atom. The van der Waals surface area contributed by atoms with Gasteiger partial charge in [0.15, 0.2) is 5.16 Å². The Bertz CT molecular complexity index is 999. The number of ether oxygens (including phenoxy) is 1. The summed E-state index contributed by atoms with van der Waals surface area (Å²) in [5, 5.41) is 3.61. The molecule has 0 unspecified atom stereocenters. The van der Waals surface area contributed by atoms with Crippen LogP contribution >= 0.6 is 11.8 Å². The van der Waals surface area contributed by atoms with E-state index >= 15 is 0 Å². The number of benzene rings is 1. The molecular weight excluding hydrogens is 422 g/mol. The molecule has 1 amide bonds. The zero-order valence-electron chi connectivity index (χ0n) is 18.7. The van der Waals surface area contributed by atoms with Crippen LogP contribution in [-0.4, -0.2) is 41.6 Å². The van der Waals surface area contributed by atoms with E-state index in [4.69, 9.17) is 9.72 Å². The average Bonchev–Trinajstić information content (AvgIpc) is 2.82. The largest absolute Gasteiger partial charge is 0.378 e. The summed E-state index contributed by atoms with van der Waals surface area (Å²) in [4.78, 5) is 28.0. The van der Waals surface area contributed by atoms with Crippen molar-refractivity contribution in [1.82, 2.24) is 20.3 Å². The van der Waals surface area contributed by atoms with E-state index in [-0.39, 0.29) is 5.91 Å². The van der Waals surface area contributed by atoms with E-state index in [0.29, 0.717) is 24.5 Å². The van der Waals surface area contributed by atoms with Gasteiger partial charge in [0, 0.05) is 44.3 Å². The van der Waals surface area contributed by atoms with Gasteiger partial charge < -0.3 is 15.0 Å². The zero-order chi connectivity index (χ0) is 22.8. The molecule has 168 valence electrons. The fraction of sp³-hybridized carbons (Fsp3) is 0.333. The number of nitrogens with zero attached hydrogens (tertiary/aromatic N) is 4. The third kappa shape index (κ3) is 7.03. The zero-order valence-corrected chi connectivity index (χ0v) is 19.6. The molecule has 0 bridgehead atoms. The van der Waals surface area contributed by atoms with Crippen LogP contribution in [0.15, 0.2) is 59.9 Å². The minimum Gasteiger partial charge on any atom is -0.378 e. The maximum absolute atomic E-state index is 12.4. The maximum Gasteiger partial charge on any atom is 0.251 e. The summed E-state index contributed by atoms with van der Waals surface area (Å²) in [7, 11) is 3.70. The first-order valence-electron chi connectivity index (χ1n) is 10.6. The summed E-state index contributed by atoms with van der Waals surface area (Å²) in [6.07, 6.45) is 2.76. The second kappa shape index (κ2) is 12.2. The first-order valence-corrected chi connectivity index (χ1v) is 11.6. The molecule has 3 aromatic rings. The fourth-order valence-electron chi connectivity index (χ4n) is 3.07. The van der Waals surface area contributed by atoms with Crippen LogP contribution in [-0.2, 0) is 23.6 Å². The maximum atomic E-state index is 12.4. The van der Waals surface area contributed by atoms with Crippen LogP contribution in [0, 0.1) is 0 Å². The second-order valence-corrected chi connectivity index (χ2v) is 8.29. The van der Waals surface area contributed by atoms with Gasteiger partial charge in [-0.3, -0.25) is 9.78 Å². The van der Waals surface area contributed by atoms with Crippen molar-refractivity contribution in [2.24, 2.45) is 0 Å². The van der Waals surface area contributed by atoms with E-state index in [0.717, 1.165) is 40.9 Å². The highest BCUT2D eigenvalue weighted by molar-refractivity contribution is 7.98. The number of rotatable bonds is 11. The number of anilines is 1. The summed E-state index contributed by atoms with van der Waals surface area (Å²) in [5.41, 5.74) is 3.41. The quantitative estimate of drug-likeness (QED) is 0.347. The lowest BCUT2D eigenvalue weighted by Crippen LogP contribution is -2.23. The third-order valence-corrected chi connectivity index (χ3v) is 5.65. The summed E-state index contributed by atoms with van der Waals surface area (Å²) in [6.45, 7) is 3.93. The fourth-order valence-corrected chi connectivity index (χ4v) is 3.90. The molecule has 0 saturated heterocycles. The molecule has 0 atom stereocenters. The Kier molecular flexibility index (Phi) is 9.01. The van der Waals surface area contributed by atoms with E-state index in [1.165, 1.54) is 0 Å². The molecule has 2 aromatic heterocycles. The lowest BCUT2D eigenvalue weighted by atomic mass is 10.1. The van der Waals surface area contributed by atoms with E-state index < -0.39 is 0 Å². The van der Waals surface area contributed by atoms with Crippen molar-refractivity contribution in [2.75, 3.05) is 25.6 Å². The Balaban J connectivity index is 1.60. The van der Waals surface area contributed by atoms with Gasteiger partial charge in [0.05, 0.1) is 24.5 Å². The number of aromatic nitrogens is 3. The second-order valence-electron chi connectivity index (χ2n) is 7.34. The number of carbonyl (C=O) groups is 1. The Morgan fingerprint density at radius 2 is 1.94 bits per heavy atom. The molecule has 1 aromatic carbocycles. The first-order chi connectivity index (χ1) is 15.6. The summed E-state index contributed by atoms with van der Waals surface area (Å²) >= 11 is 1.57. The number of pyridine rings is 1. The number of thioether (sulfide) groups is 1. The van der Waals surface area contributed by atoms with Crippen LogP contribution in [0.25, 0.3) is 0 Å². The molecule has 0 aliphatic heterocycles. The van der Waals surface area contributed by atoms with Crippen LogP contribution in [0.2, 0.25) is 0 Å². The highest BCUT2D eigenvalue weighted by atomic mass is 32.2. The lowest BCUT2D eigenvalue weighted by Gasteiger charge is -2.18. The monoisotopic (exact) mass is 451 g/mol. The molecule has 3 rings (SSSR count). The Morgan fingerprint density at radius 1 is 1.12 bits per heavy atom. The van der Waals surface area contributed by atoms with E-state index in [9.17, 15) is 4.79 Å². The molecule has 0 aliphatic rings. The van der Waals surface area contributed by atoms with Gasteiger partial charge in [-0.25, -0.2) is 9.97 Å². The molecule has 0 radical (unpaired) electrons. The van der Waals surface area contributed by atoms with E-state index in [1.807, 2.05) is 55.6 Å². The number of hydrogen-bond acceptors (Lipinski definition) is 7. The van der Waals surface area contributed by atoms with Crippen molar-refractivity contribution in [2.45, 2.75) is 37.4 Å². The molecule has 0 spiro atoms. The summed E-state index contributed by atoms with van der Waals surface area (Å²) in [5.74, 6) is 1.49. The van der Waals surface area contributed by atoms with Gasteiger partial charge in [0.2, 0.25) is 0 Å². The SMILES string of the molecule is CCCN(C)c1cc(COC)nc(SCc2ccc(C(=O)NCc3ccccn3)cc2)n1. The summed E-state index contributed by atoms with van der Waals surface area (Å²) in [6, 6.07) is 15.2. The molecule has 0 saturated carbocycles. The Labute approximate surface area is 193 Å². The van der Waals surface area contributed by atoms with Crippen molar-refractivity contribution in [3.05, 3.63) is 77.2 Å². The predicted molar refractivity (Wildman–Crippen MR) is 128 cm³/mol. The normalized spacial score (nSPS) is 10.7. The van der Waals surface area contributed by atoms with Gasteiger partial charge in [-0.15, -0.1) is 0 Å². The van der Waals surface area contributed by atoms with Crippen molar-refractivity contribution < 1.29 is 9.53 Å². The number of methoxy groups -OCH3 is 1. The van der Waals surface area contributed by atoms with Crippen LogP contribution in [0.4, 0.5) is 5.82 Å². The molecule has 8 heteroatoms. The third-order valence-electron chi connectivity index (χ3n) is 4.73. The van der Waals surface area contributed by atoms with E-state index in [2.05, 4.69) is 27.1 Å². The predicted octanol–water partition coefficient (Wildman–Crippen LogP) is 4.09. The van der Waals surface area contributed by atoms with Crippen molar-refractivity contribution in [3.63, 3.8) is 0 Å². The molecule has 0 fully saturated rings. The average molecular weight is 452 g/mol. The number of nitrogens with one attached hydrogen (secondary N) is 1. The molecule has 2 heterocycles. The van der Waals surface area contributed by atoms with Gasteiger partial charge in [-0.1, -0.05) is 36.9 Å². The number of amides is 1. The van der Waals surface area contributed by atoms with Gasteiger partial charge in [0.1, 0.15) is 5.82 Å². The highest BCUT2D eigenvalue weighted by Crippen LogP contribution is 2.23. The van der Waals surface area contributed by atoms with Crippen LogP contribution in [0.3, 0.4) is 0 Å². The van der Waals surface area contributed by atoms with Gasteiger partial charge in [-0.2, -0.15) is 0 Å². The standard InChI is InChI=1S/C24H29N5O2S/c1-4-13-29(2)22-14-21(16-31-3)27-24(28-22)32-17-18-8-10-19(11-9-18)23(30)26-15-20-7-5-6-12-25-20/h5-12,14H,4,13,15-17H2,1-3H3,(H,26,30). The smallest absolute Gasteiger partial charge is 0.251 e. The molecular formula is C24H29N5O2S. The van der Waals surface area contributed by atoms with Gasteiger partial charge in [-0.05, 0) is 36.2 Å². The Hall–Kier alpha value is -2.97. The van der Waals surface area contributed by atoms with Crippen molar-refractivity contribution in [1.29, 1.82) is 0 Å². The minimum atomic E-state index is -0.117. The van der Waals surface area contributed by atoms with Crippen LogP contribution in [0.1, 0.15) is 40.7 Å². The topological polar surface area (TPSA) is 80.2 Å². The van der Waals surface area contributed by atoms with Crippen molar-refractivity contribution >= 4 is 23.5 Å². The first kappa shape index (κ1) is 23.7. The molecule has 1 N–H and O–H groups in total. The molecule has 7 nitrogen and oxygen atoms in total. The van der Waals surface area contributed by atoms with E-state index in [1.54, 1.807) is 25.1 Å². The van der Waals surface area contributed by atoms with Gasteiger partial charge >= 0.3 is 0 Å². The van der Waals surface area contributed by atoms with Crippen LogP contribution < -0.4 is 10.2 Å². The van der Waals surface area contributed by atoms with Crippen LogP contribution in [0.5, 0.6) is 0 Å². The lowest BCUT2D eigenvalue weighted by molar-refractivity contribution is 0.0950. The van der Waals surface area contributed by atoms with Crippen molar-refractivity contribution in [3.8, 4) is 0 Å². The number of hydrogen-bond donors (Lipinski definition) is 1.